The molecule has 1 saturated heterocycles. The molecule has 0 aromatic carbocycles. The van der Waals surface area contributed by atoms with E-state index >= 15 is 0 Å². The van der Waals surface area contributed by atoms with E-state index in [2.05, 4.69) is 30.6 Å². The number of likely N-dealkylation sites (tertiary alicyclic amines) is 1. The topological polar surface area (TPSA) is 18.8 Å². The van der Waals surface area contributed by atoms with E-state index in [0.717, 1.165) is 18.4 Å². The van der Waals surface area contributed by atoms with Crippen molar-refractivity contribution >= 4 is 5.84 Å². The molecule has 2 aliphatic heterocycles. The Morgan fingerprint density at radius 1 is 1.12 bits per heavy atom. The maximum atomic E-state index is 5.06. The molecular weight excluding hydrogens is 294 g/mol. The number of rotatable bonds is 4. The van der Waals surface area contributed by atoms with Crippen LogP contribution in [0, 0.1) is 11.8 Å². The predicted octanol–water partition coefficient (Wildman–Crippen LogP) is 4.70. The van der Waals surface area contributed by atoms with Gasteiger partial charge in [-0.1, -0.05) is 39.0 Å². The summed E-state index contributed by atoms with van der Waals surface area (Å²) in [6.45, 7) is 12.8. The quantitative estimate of drug-likeness (QED) is 0.549. The normalized spacial score (nSPS) is 28.0. The summed E-state index contributed by atoms with van der Waals surface area (Å²) in [4.78, 5) is 10.2. The van der Waals surface area contributed by atoms with E-state index < -0.39 is 0 Å². The minimum atomic E-state index is 0.823. The van der Waals surface area contributed by atoms with Gasteiger partial charge in [0.05, 0.1) is 5.70 Å². The predicted molar refractivity (Wildman–Crippen MR) is 103 cm³/mol. The highest BCUT2D eigenvalue weighted by atomic mass is 15.2. The molecule has 0 aromatic heterocycles. The van der Waals surface area contributed by atoms with Crippen LogP contribution >= 0.6 is 0 Å². The van der Waals surface area contributed by atoms with Gasteiger partial charge in [-0.25, -0.2) is 4.99 Å². The molecule has 0 bridgehead atoms. The summed E-state index contributed by atoms with van der Waals surface area (Å²) >= 11 is 0. The molecule has 3 rings (SSSR count). The van der Waals surface area contributed by atoms with Crippen molar-refractivity contribution in [3.63, 3.8) is 0 Å². The average Bonchev–Trinajstić information content (AvgIpc) is 3.03. The second-order valence-corrected chi connectivity index (χ2v) is 8.54. The Kier molecular flexibility index (Phi) is 6.37. The lowest BCUT2D eigenvalue weighted by Crippen LogP contribution is -2.34. The van der Waals surface area contributed by atoms with Gasteiger partial charge in [0.25, 0.3) is 0 Å². The monoisotopic (exact) mass is 331 g/mol. The number of hydrogen-bond donors (Lipinski definition) is 0. The number of hydrogen-bond acceptors (Lipinski definition) is 2. The Hall–Kier alpha value is -0.830. The molecule has 1 unspecified atom stereocenters. The van der Waals surface area contributed by atoms with Gasteiger partial charge < -0.3 is 4.90 Å². The lowest BCUT2D eigenvalue weighted by molar-refractivity contribution is 0.237. The van der Waals surface area contributed by atoms with E-state index in [1.807, 2.05) is 0 Å². The number of aliphatic imine (C=N–C) groups is 1. The zero-order chi connectivity index (χ0) is 16.9. The van der Waals surface area contributed by atoms with Gasteiger partial charge in [0.2, 0.25) is 0 Å². The van der Waals surface area contributed by atoms with Crippen LogP contribution in [0.15, 0.2) is 16.3 Å². The zero-order valence-corrected chi connectivity index (χ0v) is 16.2. The standard InChI is InChI=1S/C21H37N3/c1-17-9-14-24(15-17)19(3)22-21-16-23(12-10-18(21)2)13-11-20-7-5-4-6-8-20/h17,20H,4-16H2,1-3H3. The van der Waals surface area contributed by atoms with Crippen LogP contribution in [0.1, 0.15) is 72.1 Å². The summed E-state index contributed by atoms with van der Waals surface area (Å²) in [6.07, 6.45) is 11.3. The molecule has 3 nitrogen and oxygen atoms in total. The first-order chi connectivity index (χ1) is 11.6. The fourth-order valence-corrected chi connectivity index (χ4v) is 4.55. The SMILES string of the molecule is CC(=NC1=C(C)CCN(CCC2CCCCC2)C1)N1CCC(C)C1. The molecule has 0 N–H and O–H groups in total. The Morgan fingerprint density at radius 3 is 2.62 bits per heavy atom. The van der Waals surface area contributed by atoms with Crippen LogP contribution in [0.3, 0.4) is 0 Å². The summed E-state index contributed by atoms with van der Waals surface area (Å²) in [6, 6.07) is 0. The Morgan fingerprint density at radius 2 is 1.92 bits per heavy atom. The van der Waals surface area contributed by atoms with Crippen LogP contribution in [-0.2, 0) is 0 Å². The second kappa shape index (κ2) is 8.51. The molecule has 3 aliphatic rings. The molecule has 0 spiro atoms. The molecule has 0 aromatic rings. The van der Waals surface area contributed by atoms with E-state index in [4.69, 9.17) is 4.99 Å². The van der Waals surface area contributed by atoms with Crippen molar-refractivity contribution in [2.75, 3.05) is 32.7 Å². The van der Waals surface area contributed by atoms with Crippen molar-refractivity contribution < 1.29 is 0 Å². The molecular formula is C21H37N3. The third-order valence-corrected chi connectivity index (χ3v) is 6.43. The third kappa shape index (κ3) is 4.84. The first-order valence-corrected chi connectivity index (χ1v) is 10.3. The highest BCUT2D eigenvalue weighted by Crippen LogP contribution is 2.27. The first kappa shape index (κ1) is 18.0. The van der Waals surface area contributed by atoms with Gasteiger partial charge in [-0.15, -0.1) is 0 Å². The fraction of sp³-hybridized carbons (Fsp3) is 0.857. The van der Waals surface area contributed by atoms with Crippen molar-refractivity contribution in [2.24, 2.45) is 16.8 Å². The summed E-state index contributed by atoms with van der Waals surface area (Å²) in [7, 11) is 0. The van der Waals surface area contributed by atoms with E-state index in [1.54, 1.807) is 0 Å². The lowest BCUT2D eigenvalue weighted by Gasteiger charge is -2.31. The molecule has 24 heavy (non-hydrogen) atoms. The molecule has 0 radical (unpaired) electrons. The summed E-state index contributed by atoms with van der Waals surface area (Å²) < 4.78 is 0. The molecule has 2 heterocycles. The van der Waals surface area contributed by atoms with E-state index in [1.165, 1.54) is 94.7 Å². The fourth-order valence-electron chi connectivity index (χ4n) is 4.55. The van der Waals surface area contributed by atoms with Gasteiger partial charge in [-0.05, 0) is 57.1 Å². The number of nitrogens with zero attached hydrogens (tertiary/aromatic N) is 3. The van der Waals surface area contributed by atoms with Gasteiger partial charge in [0.15, 0.2) is 0 Å². The van der Waals surface area contributed by atoms with Gasteiger partial charge in [-0.3, -0.25) is 4.90 Å². The Balaban J connectivity index is 1.53. The van der Waals surface area contributed by atoms with E-state index in [9.17, 15) is 0 Å². The zero-order valence-electron chi connectivity index (χ0n) is 16.2. The maximum Gasteiger partial charge on any atom is 0.101 e. The molecule has 1 atom stereocenters. The summed E-state index contributed by atoms with van der Waals surface area (Å²) in [5, 5.41) is 0. The third-order valence-electron chi connectivity index (χ3n) is 6.43. The van der Waals surface area contributed by atoms with Crippen LogP contribution in [0.25, 0.3) is 0 Å². The maximum absolute atomic E-state index is 5.06. The Bertz CT molecular complexity index is 473. The number of amidine groups is 1. The minimum Gasteiger partial charge on any atom is -0.360 e. The van der Waals surface area contributed by atoms with Gasteiger partial charge in [-0.2, -0.15) is 0 Å². The van der Waals surface area contributed by atoms with E-state index in [0.29, 0.717) is 0 Å². The van der Waals surface area contributed by atoms with Gasteiger partial charge >= 0.3 is 0 Å². The van der Waals surface area contributed by atoms with Crippen molar-refractivity contribution in [1.82, 2.24) is 9.80 Å². The highest BCUT2D eigenvalue weighted by molar-refractivity contribution is 5.81. The lowest BCUT2D eigenvalue weighted by atomic mass is 9.87. The molecule has 3 heteroatoms. The first-order valence-electron chi connectivity index (χ1n) is 10.3. The van der Waals surface area contributed by atoms with Crippen molar-refractivity contribution in [1.29, 1.82) is 0 Å². The van der Waals surface area contributed by atoms with Crippen LogP contribution in [-0.4, -0.2) is 48.4 Å². The van der Waals surface area contributed by atoms with Crippen molar-refractivity contribution in [3.05, 3.63) is 11.3 Å². The molecule has 1 aliphatic carbocycles. The highest BCUT2D eigenvalue weighted by Gasteiger charge is 2.22. The van der Waals surface area contributed by atoms with Crippen molar-refractivity contribution in [3.8, 4) is 0 Å². The van der Waals surface area contributed by atoms with Crippen molar-refractivity contribution in [2.45, 2.75) is 72.1 Å². The molecule has 2 fully saturated rings. The van der Waals surface area contributed by atoms with Crippen LogP contribution in [0.4, 0.5) is 0 Å². The minimum absolute atomic E-state index is 0.823. The smallest absolute Gasteiger partial charge is 0.101 e. The molecule has 1 saturated carbocycles. The summed E-state index contributed by atoms with van der Waals surface area (Å²) in [5.74, 6) is 3.05. The average molecular weight is 332 g/mol. The largest absolute Gasteiger partial charge is 0.360 e. The van der Waals surface area contributed by atoms with E-state index in [-0.39, 0.29) is 0 Å². The Labute approximate surface area is 149 Å². The molecule has 0 amide bonds. The van der Waals surface area contributed by atoms with Crippen LogP contribution in [0.5, 0.6) is 0 Å². The van der Waals surface area contributed by atoms with Crippen LogP contribution < -0.4 is 0 Å². The second-order valence-electron chi connectivity index (χ2n) is 8.54. The van der Waals surface area contributed by atoms with Gasteiger partial charge in [0, 0.05) is 26.2 Å². The molecule has 136 valence electrons. The van der Waals surface area contributed by atoms with Crippen LogP contribution in [0.2, 0.25) is 0 Å². The summed E-state index contributed by atoms with van der Waals surface area (Å²) in [5.41, 5.74) is 2.86. The van der Waals surface area contributed by atoms with Gasteiger partial charge in [0.1, 0.15) is 5.84 Å².